The van der Waals surface area contributed by atoms with Crippen LogP contribution in [0.4, 0.5) is 10.6 Å². The van der Waals surface area contributed by atoms with Crippen molar-refractivity contribution in [2.75, 3.05) is 38.1 Å². The van der Waals surface area contributed by atoms with Gasteiger partial charge in [0.05, 0.1) is 12.6 Å². The van der Waals surface area contributed by atoms with E-state index in [1.54, 1.807) is 43.6 Å². The van der Waals surface area contributed by atoms with Crippen LogP contribution in [-0.2, 0) is 25.5 Å². The molecule has 53 heavy (non-hydrogen) atoms. The van der Waals surface area contributed by atoms with Crippen molar-refractivity contribution in [2.45, 2.75) is 64.6 Å². The van der Waals surface area contributed by atoms with E-state index >= 15 is 0 Å². The molecular formula is C41H48N6O6. The van der Waals surface area contributed by atoms with E-state index in [0.29, 0.717) is 23.6 Å². The minimum atomic E-state index is -1.06. The normalized spacial score (nSPS) is 14.1. The maximum atomic E-state index is 14.1. The maximum Gasteiger partial charge on any atom is 0.409 e. The molecule has 278 valence electrons. The Kier molecular flexibility index (Phi) is 13.1. The van der Waals surface area contributed by atoms with Crippen molar-refractivity contribution in [3.63, 3.8) is 0 Å². The number of piperazine rings is 1. The zero-order chi connectivity index (χ0) is 37.8. The van der Waals surface area contributed by atoms with Crippen LogP contribution in [0.15, 0.2) is 97.1 Å². The van der Waals surface area contributed by atoms with Gasteiger partial charge in [-0.05, 0) is 51.7 Å². The smallest absolute Gasteiger partial charge is 0.409 e. The third-order valence-electron chi connectivity index (χ3n) is 8.58. The number of hydrogen-bond acceptors (Lipinski definition) is 9. The van der Waals surface area contributed by atoms with Crippen molar-refractivity contribution in [1.82, 2.24) is 25.1 Å². The Bertz CT molecular complexity index is 1830. The monoisotopic (exact) mass is 720 g/mol. The number of amides is 3. The number of carbonyl (C=O) groups is 4. The summed E-state index contributed by atoms with van der Waals surface area (Å²) in [5.74, 6) is -0.686. The fraction of sp³-hybridized carbons (Fsp3) is 0.366. The van der Waals surface area contributed by atoms with E-state index in [9.17, 15) is 19.2 Å². The average Bonchev–Trinajstić information content (AvgIpc) is 3.16. The first kappa shape index (κ1) is 38.5. The van der Waals surface area contributed by atoms with Gasteiger partial charge in [-0.15, -0.1) is 0 Å². The molecule has 1 aromatic heterocycles. The predicted molar refractivity (Wildman–Crippen MR) is 202 cm³/mol. The zero-order valence-corrected chi connectivity index (χ0v) is 30.8. The second-order valence-corrected chi connectivity index (χ2v) is 13.8. The third kappa shape index (κ3) is 11.4. The average molecular weight is 721 g/mol. The Morgan fingerprint density at radius 1 is 0.811 bits per heavy atom. The van der Waals surface area contributed by atoms with Crippen LogP contribution in [0, 0.1) is 0 Å². The molecular weight excluding hydrogens is 672 g/mol. The number of anilines is 1. The summed E-state index contributed by atoms with van der Waals surface area (Å²) in [5.41, 5.74) is 2.22. The molecule has 1 aliphatic heterocycles. The molecule has 0 aliphatic carbocycles. The summed E-state index contributed by atoms with van der Waals surface area (Å²) in [5, 5.41) is 6.42. The number of ether oxygens (including phenoxy) is 2. The predicted octanol–water partition coefficient (Wildman–Crippen LogP) is 6.06. The van der Waals surface area contributed by atoms with E-state index in [2.05, 4.69) is 27.8 Å². The van der Waals surface area contributed by atoms with E-state index in [1.165, 1.54) is 0 Å². The lowest BCUT2D eigenvalue weighted by atomic mass is 9.99. The molecule has 1 fully saturated rings. The van der Waals surface area contributed by atoms with Crippen LogP contribution >= 0.6 is 0 Å². The SMILES string of the molecule is CCOC(=O)N1CCN(C(=O)C(CCC(=O)OC(C)(C)C)NC(=O)c2cc(NC(Cc3ccccc3)c3ccccc3)nc(-c3ccccc3)n2)CC1. The van der Waals surface area contributed by atoms with Crippen molar-refractivity contribution in [2.24, 2.45) is 0 Å². The topological polar surface area (TPSA) is 143 Å². The van der Waals surface area contributed by atoms with Crippen molar-refractivity contribution in [1.29, 1.82) is 0 Å². The van der Waals surface area contributed by atoms with Gasteiger partial charge in [-0.2, -0.15) is 0 Å². The third-order valence-corrected chi connectivity index (χ3v) is 8.58. The lowest BCUT2D eigenvalue weighted by Gasteiger charge is -2.36. The number of nitrogens with one attached hydrogen (secondary N) is 2. The van der Waals surface area contributed by atoms with Gasteiger partial charge < -0.3 is 29.9 Å². The summed E-state index contributed by atoms with van der Waals surface area (Å²) in [4.78, 5) is 65.7. The zero-order valence-electron chi connectivity index (χ0n) is 30.8. The van der Waals surface area contributed by atoms with Gasteiger partial charge in [-0.3, -0.25) is 14.4 Å². The molecule has 4 aromatic rings. The summed E-state index contributed by atoms with van der Waals surface area (Å²) >= 11 is 0. The van der Waals surface area contributed by atoms with Crippen molar-refractivity contribution < 1.29 is 28.7 Å². The van der Waals surface area contributed by atoms with Crippen LogP contribution in [0.5, 0.6) is 0 Å². The molecule has 5 rings (SSSR count). The molecule has 1 aliphatic rings. The minimum absolute atomic E-state index is 0.00642. The number of benzene rings is 3. The molecule has 2 atom stereocenters. The van der Waals surface area contributed by atoms with Crippen molar-refractivity contribution >= 4 is 29.7 Å². The molecule has 2 heterocycles. The molecule has 12 heteroatoms. The highest BCUT2D eigenvalue weighted by atomic mass is 16.6. The van der Waals surface area contributed by atoms with E-state index in [-0.39, 0.29) is 63.3 Å². The second-order valence-electron chi connectivity index (χ2n) is 13.8. The van der Waals surface area contributed by atoms with Crippen LogP contribution in [0.3, 0.4) is 0 Å². The van der Waals surface area contributed by atoms with Gasteiger partial charge in [-0.25, -0.2) is 14.8 Å². The van der Waals surface area contributed by atoms with Crippen molar-refractivity contribution in [3.05, 3.63) is 114 Å². The Morgan fingerprint density at radius 3 is 2.04 bits per heavy atom. The van der Waals surface area contributed by atoms with Gasteiger partial charge in [0.2, 0.25) is 5.91 Å². The van der Waals surface area contributed by atoms with E-state index < -0.39 is 29.6 Å². The molecule has 2 unspecified atom stereocenters. The van der Waals surface area contributed by atoms with Crippen LogP contribution < -0.4 is 10.6 Å². The molecule has 2 N–H and O–H groups in total. The Balaban J connectivity index is 1.42. The van der Waals surface area contributed by atoms with Crippen LogP contribution in [-0.4, -0.2) is 88.1 Å². The quantitative estimate of drug-likeness (QED) is 0.158. The van der Waals surface area contributed by atoms with E-state index in [1.807, 2.05) is 78.9 Å². The van der Waals surface area contributed by atoms with Crippen molar-refractivity contribution in [3.8, 4) is 11.4 Å². The number of rotatable bonds is 13. The highest BCUT2D eigenvalue weighted by molar-refractivity contribution is 5.97. The highest BCUT2D eigenvalue weighted by Crippen LogP contribution is 2.26. The minimum Gasteiger partial charge on any atom is -0.460 e. The van der Waals surface area contributed by atoms with E-state index in [4.69, 9.17) is 14.5 Å². The fourth-order valence-electron chi connectivity index (χ4n) is 6.01. The summed E-state index contributed by atoms with van der Waals surface area (Å²) < 4.78 is 10.6. The summed E-state index contributed by atoms with van der Waals surface area (Å²) in [6.45, 7) is 8.36. The standard InChI is InChI=1S/C41H48N6O6/c1-5-52-40(51)47-25-23-46(24-26-47)39(50)32(21-22-36(48)53-41(2,3)4)44-38(49)34-28-35(45-37(43-34)31-19-13-8-14-20-31)42-33(30-17-11-7-12-18-30)27-29-15-9-6-10-16-29/h6-20,28,32-33H,5,21-27H2,1-4H3,(H,44,49)(H,42,43,45). The number of aromatic nitrogens is 2. The van der Waals surface area contributed by atoms with Crippen LogP contribution in [0.2, 0.25) is 0 Å². The van der Waals surface area contributed by atoms with Crippen LogP contribution in [0.1, 0.15) is 68.2 Å². The fourth-order valence-corrected chi connectivity index (χ4v) is 6.01. The van der Waals surface area contributed by atoms with Crippen LogP contribution in [0.25, 0.3) is 11.4 Å². The van der Waals surface area contributed by atoms with E-state index in [0.717, 1.165) is 11.1 Å². The number of esters is 1. The molecule has 12 nitrogen and oxygen atoms in total. The molecule has 0 saturated carbocycles. The molecule has 0 radical (unpaired) electrons. The Labute approximate surface area is 310 Å². The van der Waals surface area contributed by atoms with Gasteiger partial charge in [0.1, 0.15) is 23.2 Å². The maximum absolute atomic E-state index is 14.1. The largest absolute Gasteiger partial charge is 0.460 e. The number of carbonyl (C=O) groups excluding carboxylic acids is 4. The Hall–Kier alpha value is -5.78. The number of hydrogen-bond donors (Lipinski definition) is 2. The van der Waals surface area contributed by atoms with Gasteiger partial charge in [0, 0.05) is 44.2 Å². The number of nitrogens with zero attached hydrogens (tertiary/aromatic N) is 4. The summed E-state index contributed by atoms with van der Waals surface area (Å²) in [7, 11) is 0. The highest BCUT2D eigenvalue weighted by Gasteiger charge is 2.32. The second kappa shape index (κ2) is 18.1. The summed E-state index contributed by atoms with van der Waals surface area (Å²) in [6, 6.07) is 29.8. The van der Waals surface area contributed by atoms with Gasteiger partial charge >= 0.3 is 12.1 Å². The summed E-state index contributed by atoms with van der Waals surface area (Å²) in [6.07, 6.45) is 0.129. The first-order valence-electron chi connectivity index (χ1n) is 18.0. The molecule has 3 amide bonds. The Morgan fingerprint density at radius 2 is 1.42 bits per heavy atom. The van der Waals surface area contributed by atoms with Gasteiger partial charge in [0.25, 0.3) is 5.91 Å². The lowest BCUT2D eigenvalue weighted by Crippen LogP contribution is -2.56. The molecule has 3 aromatic carbocycles. The lowest BCUT2D eigenvalue weighted by molar-refractivity contribution is -0.155. The molecule has 0 bridgehead atoms. The first-order valence-corrected chi connectivity index (χ1v) is 18.0. The first-order chi connectivity index (χ1) is 25.5. The molecule has 1 saturated heterocycles. The van der Waals surface area contributed by atoms with Gasteiger partial charge in [0.15, 0.2) is 5.82 Å². The van der Waals surface area contributed by atoms with Gasteiger partial charge in [-0.1, -0.05) is 91.0 Å². The molecule has 0 spiro atoms.